The van der Waals surface area contributed by atoms with E-state index in [1.54, 1.807) is 6.07 Å². The highest BCUT2D eigenvalue weighted by Crippen LogP contribution is 2.23. The number of nitrogens with one attached hydrogen (secondary N) is 3. The number of rotatable bonds is 4. The van der Waals surface area contributed by atoms with E-state index in [1.165, 1.54) is 0 Å². The second-order valence-electron chi connectivity index (χ2n) is 6.83. The van der Waals surface area contributed by atoms with Crippen molar-refractivity contribution < 1.29 is 4.42 Å². The van der Waals surface area contributed by atoms with Crippen LogP contribution in [0.4, 0.5) is 0 Å². The number of benzene rings is 2. The zero-order valence-corrected chi connectivity index (χ0v) is 15.1. The molecule has 0 bridgehead atoms. The van der Waals surface area contributed by atoms with Crippen molar-refractivity contribution in [1.82, 2.24) is 10.3 Å². The Bertz CT molecular complexity index is 1270. The minimum Gasteiger partial charge on any atom is -0.457 e. The number of amidine groups is 2. The van der Waals surface area contributed by atoms with Gasteiger partial charge in [-0.05, 0) is 60.7 Å². The molecule has 0 spiro atoms. The number of aromatic amines is 1. The van der Waals surface area contributed by atoms with Gasteiger partial charge in [0.05, 0.1) is 6.54 Å². The van der Waals surface area contributed by atoms with E-state index in [-0.39, 0.29) is 5.84 Å². The summed E-state index contributed by atoms with van der Waals surface area (Å²) in [4.78, 5) is 7.89. The Morgan fingerprint density at radius 1 is 1.07 bits per heavy atom. The van der Waals surface area contributed by atoms with Gasteiger partial charge in [0.15, 0.2) is 0 Å². The number of hydrogen-bond donors (Lipinski definition) is 4. The maximum atomic E-state index is 7.55. The summed E-state index contributed by atoms with van der Waals surface area (Å²) in [5.41, 5.74) is 10.2. The van der Waals surface area contributed by atoms with Gasteiger partial charge in [-0.25, -0.2) is 0 Å². The summed E-state index contributed by atoms with van der Waals surface area (Å²) in [6, 6.07) is 15.9. The van der Waals surface area contributed by atoms with Crippen LogP contribution in [0.2, 0.25) is 0 Å². The molecule has 0 saturated heterocycles. The molecule has 6 heteroatoms. The molecule has 5 rings (SSSR count). The molecule has 0 radical (unpaired) electrons. The third-order valence-electron chi connectivity index (χ3n) is 4.86. The van der Waals surface area contributed by atoms with E-state index in [0.29, 0.717) is 5.56 Å². The Labute approximate surface area is 161 Å². The molecule has 1 aliphatic rings. The molecule has 138 valence electrons. The van der Waals surface area contributed by atoms with Crippen molar-refractivity contribution >= 4 is 45.7 Å². The normalized spacial score (nSPS) is 14.1. The van der Waals surface area contributed by atoms with Gasteiger partial charge in [-0.1, -0.05) is 0 Å². The lowest BCUT2D eigenvalue weighted by Gasteiger charge is -2.01. The van der Waals surface area contributed by atoms with Crippen LogP contribution in [-0.2, 0) is 0 Å². The van der Waals surface area contributed by atoms with Crippen molar-refractivity contribution in [2.24, 2.45) is 10.7 Å². The van der Waals surface area contributed by atoms with Gasteiger partial charge in [0.2, 0.25) is 0 Å². The molecule has 0 atom stereocenters. The quantitative estimate of drug-likeness (QED) is 0.326. The zero-order valence-electron chi connectivity index (χ0n) is 15.1. The van der Waals surface area contributed by atoms with E-state index >= 15 is 0 Å². The Kier molecular flexibility index (Phi) is 3.76. The lowest BCUT2D eigenvalue weighted by Crippen LogP contribution is -2.19. The van der Waals surface area contributed by atoms with Gasteiger partial charge in [0.25, 0.3) is 0 Å². The van der Waals surface area contributed by atoms with E-state index in [0.717, 1.165) is 57.8 Å². The number of aliphatic imine (C=N–C) groups is 1. The average molecular weight is 369 g/mol. The fraction of sp³-hybridized carbons (Fsp3) is 0.0909. The second kappa shape index (κ2) is 6.42. The van der Waals surface area contributed by atoms with Gasteiger partial charge < -0.3 is 20.5 Å². The molecule has 6 nitrogen and oxygen atoms in total. The Hall–Kier alpha value is -3.80. The first-order valence-corrected chi connectivity index (χ1v) is 9.13. The van der Waals surface area contributed by atoms with E-state index < -0.39 is 0 Å². The van der Waals surface area contributed by atoms with Crippen LogP contribution in [0.5, 0.6) is 0 Å². The van der Waals surface area contributed by atoms with E-state index in [1.807, 2.05) is 30.4 Å². The fourth-order valence-corrected chi connectivity index (χ4v) is 3.47. The first-order valence-electron chi connectivity index (χ1n) is 9.13. The zero-order chi connectivity index (χ0) is 19.1. The molecule has 2 aromatic heterocycles. The molecular weight excluding hydrogens is 350 g/mol. The molecule has 3 heterocycles. The second-order valence-corrected chi connectivity index (χ2v) is 6.83. The molecule has 0 unspecified atom stereocenters. The SMILES string of the molecule is N=C(N)c1ccc2oc(/C=C/c3cc4cc(C5=NCCN5)ccc4[nH]3)cc2c1. The van der Waals surface area contributed by atoms with Gasteiger partial charge >= 0.3 is 0 Å². The molecule has 1 aliphatic heterocycles. The van der Waals surface area contributed by atoms with Gasteiger partial charge in [0, 0.05) is 39.7 Å². The van der Waals surface area contributed by atoms with Gasteiger partial charge in [0.1, 0.15) is 23.0 Å². The summed E-state index contributed by atoms with van der Waals surface area (Å²) in [7, 11) is 0. The molecule has 5 N–H and O–H groups in total. The summed E-state index contributed by atoms with van der Waals surface area (Å²) in [5, 5.41) is 12.9. The highest BCUT2D eigenvalue weighted by molar-refractivity contribution is 6.03. The van der Waals surface area contributed by atoms with Gasteiger partial charge in [-0.2, -0.15) is 0 Å². The van der Waals surface area contributed by atoms with Crippen LogP contribution in [0.15, 0.2) is 57.9 Å². The Balaban J connectivity index is 1.43. The standard InChI is InChI=1S/C22H19N5O/c23-21(24)13-2-6-20-16(9-13)12-18(28-20)4-3-17-11-15-10-14(1-5-19(15)27-17)22-25-7-8-26-22/h1-6,9-12,27H,7-8H2,(H3,23,24)(H,25,26)/b4-3+. The fourth-order valence-electron chi connectivity index (χ4n) is 3.47. The smallest absolute Gasteiger partial charge is 0.134 e. The lowest BCUT2D eigenvalue weighted by molar-refractivity contribution is 0.604. The first kappa shape index (κ1) is 16.4. The molecule has 28 heavy (non-hydrogen) atoms. The summed E-state index contributed by atoms with van der Waals surface area (Å²) in [5.74, 6) is 1.77. The molecular formula is C22H19N5O. The van der Waals surface area contributed by atoms with Crippen LogP contribution in [0, 0.1) is 5.41 Å². The number of nitrogens with zero attached hydrogens (tertiary/aromatic N) is 1. The van der Waals surface area contributed by atoms with Crippen LogP contribution in [0.1, 0.15) is 22.6 Å². The highest BCUT2D eigenvalue weighted by atomic mass is 16.3. The van der Waals surface area contributed by atoms with Crippen molar-refractivity contribution in [3.05, 3.63) is 71.1 Å². The summed E-state index contributed by atoms with van der Waals surface area (Å²) < 4.78 is 5.85. The molecule has 4 aromatic rings. The van der Waals surface area contributed by atoms with Crippen LogP contribution in [0.25, 0.3) is 34.0 Å². The molecule has 0 amide bonds. The first-order chi connectivity index (χ1) is 13.7. The van der Waals surface area contributed by atoms with Crippen molar-refractivity contribution in [2.45, 2.75) is 0 Å². The number of nitrogens with two attached hydrogens (primary N) is 1. The van der Waals surface area contributed by atoms with Crippen LogP contribution < -0.4 is 11.1 Å². The largest absolute Gasteiger partial charge is 0.457 e. The van der Waals surface area contributed by atoms with Crippen LogP contribution >= 0.6 is 0 Å². The minimum atomic E-state index is 0.0522. The van der Waals surface area contributed by atoms with E-state index in [2.05, 4.69) is 39.6 Å². The predicted molar refractivity (Wildman–Crippen MR) is 114 cm³/mol. The lowest BCUT2D eigenvalue weighted by atomic mass is 10.1. The van der Waals surface area contributed by atoms with Crippen LogP contribution in [-0.4, -0.2) is 29.7 Å². The molecule has 0 saturated carbocycles. The summed E-state index contributed by atoms with van der Waals surface area (Å²) in [6.45, 7) is 1.74. The number of H-pyrrole nitrogens is 1. The van der Waals surface area contributed by atoms with E-state index in [9.17, 15) is 0 Å². The predicted octanol–water partition coefficient (Wildman–Crippen LogP) is 3.72. The number of aromatic nitrogens is 1. The topological polar surface area (TPSA) is 103 Å². The third kappa shape index (κ3) is 2.95. The van der Waals surface area contributed by atoms with Crippen molar-refractivity contribution in [3.63, 3.8) is 0 Å². The number of nitrogen functional groups attached to an aromatic ring is 1. The number of hydrogen-bond acceptors (Lipinski definition) is 4. The van der Waals surface area contributed by atoms with E-state index in [4.69, 9.17) is 15.6 Å². The third-order valence-corrected chi connectivity index (χ3v) is 4.86. The summed E-state index contributed by atoms with van der Waals surface area (Å²) in [6.07, 6.45) is 3.93. The monoisotopic (exact) mass is 369 g/mol. The Morgan fingerprint density at radius 3 is 2.82 bits per heavy atom. The maximum absolute atomic E-state index is 7.55. The Morgan fingerprint density at radius 2 is 2.00 bits per heavy atom. The van der Waals surface area contributed by atoms with Crippen molar-refractivity contribution in [2.75, 3.05) is 13.1 Å². The minimum absolute atomic E-state index is 0.0522. The number of fused-ring (bicyclic) bond motifs is 2. The van der Waals surface area contributed by atoms with Crippen LogP contribution in [0.3, 0.4) is 0 Å². The van der Waals surface area contributed by atoms with Crippen molar-refractivity contribution in [3.8, 4) is 0 Å². The van der Waals surface area contributed by atoms with Gasteiger partial charge in [-0.15, -0.1) is 0 Å². The molecule has 2 aromatic carbocycles. The average Bonchev–Trinajstić information content (AvgIpc) is 3.43. The molecule has 0 fully saturated rings. The van der Waals surface area contributed by atoms with Crippen molar-refractivity contribution in [1.29, 1.82) is 5.41 Å². The number of furan rings is 1. The molecule has 0 aliphatic carbocycles. The summed E-state index contributed by atoms with van der Waals surface area (Å²) >= 11 is 0. The highest BCUT2D eigenvalue weighted by Gasteiger charge is 2.09. The van der Waals surface area contributed by atoms with Gasteiger partial charge in [-0.3, -0.25) is 10.4 Å². The maximum Gasteiger partial charge on any atom is 0.134 e.